The van der Waals surface area contributed by atoms with E-state index < -0.39 is 0 Å². The molecule has 0 aromatic carbocycles. The standard InChI is InChI=1S/C4H4FN.C3H6O2/c5-4-2-1-3-6-4;1-2-5-3-4/h1-3,6H;3H,2H2,1H3. The fourth-order valence-electron chi connectivity index (χ4n) is 0.376. The molecule has 0 amide bonds. The van der Waals surface area contributed by atoms with Crippen LogP contribution in [0.25, 0.3) is 0 Å². The maximum Gasteiger partial charge on any atom is 0.293 e. The van der Waals surface area contributed by atoms with E-state index in [9.17, 15) is 9.18 Å². The first kappa shape index (κ1) is 9.68. The average molecular weight is 159 g/mol. The Morgan fingerprint density at radius 2 is 2.55 bits per heavy atom. The molecule has 1 aromatic heterocycles. The Kier molecular flexibility index (Phi) is 5.98. The first-order valence-corrected chi connectivity index (χ1v) is 3.15. The van der Waals surface area contributed by atoms with Crippen molar-refractivity contribution in [3.05, 3.63) is 24.3 Å². The van der Waals surface area contributed by atoms with Crippen LogP contribution in [0.2, 0.25) is 0 Å². The molecule has 62 valence electrons. The lowest BCUT2D eigenvalue weighted by molar-refractivity contribution is -0.128. The first-order valence-electron chi connectivity index (χ1n) is 3.15. The maximum atomic E-state index is 11.6. The quantitative estimate of drug-likeness (QED) is 0.661. The number of H-pyrrole nitrogens is 1. The molecule has 0 spiro atoms. The van der Waals surface area contributed by atoms with Crippen molar-refractivity contribution in [2.24, 2.45) is 0 Å². The van der Waals surface area contributed by atoms with E-state index in [0.717, 1.165) is 0 Å². The SMILES string of the molecule is CCOC=O.Fc1ccc[nH]1. The van der Waals surface area contributed by atoms with Crippen LogP contribution >= 0.6 is 0 Å². The first-order chi connectivity index (χ1) is 5.31. The number of carbonyl (C=O) groups is 1. The molecule has 0 aliphatic heterocycles. The summed E-state index contributed by atoms with van der Waals surface area (Å²) in [6.45, 7) is 2.66. The summed E-state index contributed by atoms with van der Waals surface area (Å²) in [6, 6.07) is 2.97. The van der Waals surface area contributed by atoms with Gasteiger partial charge in [0.05, 0.1) is 6.61 Å². The number of hydrogen-bond donors (Lipinski definition) is 1. The van der Waals surface area contributed by atoms with Crippen LogP contribution in [0.15, 0.2) is 18.3 Å². The van der Waals surface area contributed by atoms with E-state index in [-0.39, 0.29) is 5.95 Å². The summed E-state index contributed by atoms with van der Waals surface area (Å²) in [5, 5.41) is 0. The third kappa shape index (κ3) is 6.57. The van der Waals surface area contributed by atoms with Gasteiger partial charge in [-0.2, -0.15) is 4.39 Å². The number of ether oxygens (including phenoxy) is 1. The Morgan fingerprint density at radius 3 is 2.64 bits per heavy atom. The van der Waals surface area contributed by atoms with E-state index in [0.29, 0.717) is 13.1 Å². The zero-order valence-corrected chi connectivity index (χ0v) is 6.21. The van der Waals surface area contributed by atoms with Gasteiger partial charge in [0.15, 0.2) is 5.95 Å². The second kappa shape index (κ2) is 6.80. The van der Waals surface area contributed by atoms with Crippen molar-refractivity contribution in [3.8, 4) is 0 Å². The van der Waals surface area contributed by atoms with Crippen LogP contribution in [0.3, 0.4) is 0 Å². The Labute approximate surface area is 64.2 Å². The summed E-state index contributed by atoms with van der Waals surface area (Å²) in [4.78, 5) is 11.5. The molecule has 4 heteroatoms. The Hall–Kier alpha value is -1.32. The van der Waals surface area contributed by atoms with Gasteiger partial charge < -0.3 is 9.72 Å². The molecule has 0 unspecified atom stereocenters. The number of halogens is 1. The third-order valence-electron chi connectivity index (χ3n) is 0.795. The largest absolute Gasteiger partial charge is 0.468 e. The van der Waals surface area contributed by atoms with E-state index in [2.05, 4.69) is 9.72 Å². The molecule has 0 aliphatic rings. The summed E-state index contributed by atoms with van der Waals surface area (Å²) < 4.78 is 15.8. The molecule has 0 aliphatic carbocycles. The number of aromatic nitrogens is 1. The van der Waals surface area contributed by atoms with Crippen LogP contribution in [-0.2, 0) is 9.53 Å². The topological polar surface area (TPSA) is 42.1 Å². The second-order valence-corrected chi connectivity index (χ2v) is 1.57. The van der Waals surface area contributed by atoms with E-state index in [1.807, 2.05) is 0 Å². The van der Waals surface area contributed by atoms with Crippen molar-refractivity contribution in [2.45, 2.75) is 6.92 Å². The highest BCUT2D eigenvalue weighted by molar-refractivity contribution is 5.36. The Bertz CT molecular complexity index is 175. The molecule has 1 aromatic rings. The van der Waals surface area contributed by atoms with E-state index >= 15 is 0 Å². The summed E-state index contributed by atoms with van der Waals surface area (Å²) in [7, 11) is 0. The molecular weight excluding hydrogens is 149 g/mol. The van der Waals surface area contributed by atoms with E-state index in [4.69, 9.17) is 0 Å². The molecule has 0 fully saturated rings. The molecule has 1 rings (SSSR count). The smallest absolute Gasteiger partial charge is 0.293 e. The highest BCUT2D eigenvalue weighted by Crippen LogP contribution is 1.86. The molecule has 0 atom stereocenters. The predicted molar refractivity (Wildman–Crippen MR) is 38.4 cm³/mol. The molecule has 0 saturated heterocycles. The molecule has 0 radical (unpaired) electrons. The third-order valence-corrected chi connectivity index (χ3v) is 0.795. The molecule has 11 heavy (non-hydrogen) atoms. The van der Waals surface area contributed by atoms with Crippen molar-refractivity contribution in [3.63, 3.8) is 0 Å². The number of rotatable bonds is 2. The minimum absolute atomic E-state index is 0.282. The van der Waals surface area contributed by atoms with Gasteiger partial charge in [-0.1, -0.05) is 0 Å². The number of aromatic amines is 1. The van der Waals surface area contributed by atoms with Crippen molar-refractivity contribution in [1.82, 2.24) is 4.98 Å². The van der Waals surface area contributed by atoms with Crippen LogP contribution in [0.4, 0.5) is 4.39 Å². The molecular formula is C7H10FNO2. The molecule has 1 heterocycles. The second-order valence-electron chi connectivity index (χ2n) is 1.57. The minimum atomic E-state index is -0.282. The van der Waals surface area contributed by atoms with Crippen LogP contribution in [0, 0.1) is 5.95 Å². The molecule has 1 N–H and O–H groups in total. The van der Waals surface area contributed by atoms with Crippen LogP contribution < -0.4 is 0 Å². The van der Waals surface area contributed by atoms with Crippen molar-refractivity contribution < 1.29 is 13.9 Å². The fraction of sp³-hybridized carbons (Fsp3) is 0.286. The van der Waals surface area contributed by atoms with Crippen LogP contribution in [0.1, 0.15) is 6.92 Å². The van der Waals surface area contributed by atoms with Gasteiger partial charge in [0.2, 0.25) is 0 Å². The predicted octanol–water partition coefficient (Wildman–Crippen LogP) is 1.33. The van der Waals surface area contributed by atoms with Gasteiger partial charge in [0.25, 0.3) is 6.47 Å². The lowest BCUT2D eigenvalue weighted by atomic mass is 10.7. The molecule has 3 nitrogen and oxygen atoms in total. The zero-order valence-electron chi connectivity index (χ0n) is 6.21. The molecule has 0 bridgehead atoms. The number of carbonyl (C=O) groups excluding carboxylic acids is 1. The summed E-state index contributed by atoms with van der Waals surface area (Å²) in [5.74, 6) is -0.282. The van der Waals surface area contributed by atoms with E-state index in [1.54, 1.807) is 13.0 Å². The fourth-order valence-corrected chi connectivity index (χ4v) is 0.376. The van der Waals surface area contributed by atoms with Gasteiger partial charge in [-0.3, -0.25) is 4.79 Å². The van der Waals surface area contributed by atoms with Gasteiger partial charge in [0.1, 0.15) is 0 Å². The lowest BCUT2D eigenvalue weighted by Gasteiger charge is -1.79. The summed E-state index contributed by atoms with van der Waals surface area (Å²) >= 11 is 0. The Balaban J connectivity index is 0.000000187. The maximum absolute atomic E-state index is 11.6. The average Bonchev–Trinajstić information content (AvgIpc) is 2.43. The highest BCUT2D eigenvalue weighted by Gasteiger charge is 1.77. The van der Waals surface area contributed by atoms with E-state index in [1.165, 1.54) is 12.3 Å². The summed E-state index contributed by atoms with van der Waals surface area (Å²) in [6.07, 6.45) is 1.54. The zero-order chi connectivity index (χ0) is 8.53. The van der Waals surface area contributed by atoms with Gasteiger partial charge in [-0.25, -0.2) is 0 Å². The molecule has 0 saturated carbocycles. The van der Waals surface area contributed by atoms with Gasteiger partial charge >= 0.3 is 0 Å². The lowest BCUT2D eigenvalue weighted by Crippen LogP contribution is -1.80. The number of nitrogens with one attached hydrogen (secondary N) is 1. The summed E-state index contributed by atoms with van der Waals surface area (Å²) in [5.41, 5.74) is 0. The van der Waals surface area contributed by atoms with Crippen LogP contribution in [-0.4, -0.2) is 18.1 Å². The van der Waals surface area contributed by atoms with Gasteiger partial charge in [-0.15, -0.1) is 0 Å². The van der Waals surface area contributed by atoms with Gasteiger partial charge in [0, 0.05) is 6.20 Å². The normalized spacial score (nSPS) is 7.82. The van der Waals surface area contributed by atoms with Gasteiger partial charge in [-0.05, 0) is 19.1 Å². The minimum Gasteiger partial charge on any atom is -0.468 e. The monoisotopic (exact) mass is 159 g/mol. The van der Waals surface area contributed by atoms with Crippen molar-refractivity contribution in [2.75, 3.05) is 6.61 Å². The highest BCUT2D eigenvalue weighted by atomic mass is 19.1. The van der Waals surface area contributed by atoms with Crippen LogP contribution in [0.5, 0.6) is 0 Å². The number of hydrogen-bond acceptors (Lipinski definition) is 2. The van der Waals surface area contributed by atoms with Crippen molar-refractivity contribution in [1.29, 1.82) is 0 Å². The Morgan fingerprint density at radius 1 is 1.82 bits per heavy atom. The van der Waals surface area contributed by atoms with Crippen molar-refractivity contribution >= 4 is 6.47 Å².